The lowest BCUT2D eigenvalue weighted by atomic mass is 10.2. The van der Waals surface area contributed by atoms with Gasteiger partial charge < -0.3 is 0 Å². The summed E-state index contributed by atoms with van der Waals surface area (Å²) in [5.41, 5.74) is 0. The molecule has 0 heteroatoms. The van der Waals surface area contributed by atoms with E-state index in [0.29, 0.717) is 0 Å². The van der Waals surface area contributed by atoms with E-state index in [0.717, 1.165) is 12.3 Å². The fourth-order valence-electron chi connectivity index (χ4n) is 0. The van der Waals surface area contributed by atoms with Crippen LogP contribution in [0.3, 0.4) is 0 Å². The average molecular weight is 218 g/mol. The first-order valence-electron chi connectivity index (χ1n) is 6.79. The molecule has 0 unspecified atom stereocenters. The van der Waals surface area contributed by atoms with Crippen molar-refractivity contribution in [3.63, 3.8) is 0 Å². The topological polar surface area (TPSA) is 0 Å². The van der Waals surface area contributed by atoms with E-state index in [1.165, 1.54) is 6.42 Å². The second-order valence-corrected chi connectivity index (χ2v) is 2.50. The number of hydrogen-bond donors (Lipinski definition) is 0. The van der Waals surface area contributed by atoms with Crippen molar-refractivity contribution in [3.05, 3.63) is 12.7 Å². The molecule has 0 saturated carbocycles. The van der Waals surface area contributed by atoms with Crippen molar-refractivity contribution in [3.8, 4) is 0 Å². The predicted molar refractivity (Wildman–Crippen MR) is 79.7 cm³/mol. The van der Waals surface area contributed by atoms with Crippen LogP contribution in [0.2, 0.25) is 0 Å². The minimum absolute atomic E-state index is 0.884. The van der Waals surface area contributed by atoms with E-state index < -0.39 is 0 Å². The SMILES string of the molecule is C=CCC.CC.CC.CC.CCC(C)C. The Morgan fingerprint density at radius 3 is 1.00 bits per heavy atom. The molecule has 0 fully saturated rings. The molecule has 0 heterocycles. The van der Waals surface area contributed by atoms with Crippen molar-refractivity contribution in [1.29, 1.82) is 0 Å². The second-order valence-electron chi connectivity index (χ2n) is 2.50. The lowest BCUT2D eigenvalue weighted by molar-refractivity contribution is 0.626. The van der Waals surface area contributed by atoms with Crippen LogP contribution in [0, 0.1) is 5.92 Å². The summed E-state index contributed by atoms with van der Waals surface area (Å²) < 4.78 is 0. The van der Waals surface area contributed by atoms with Crippen LogP contribution in [-0.4, -0.2) is 0 Å². The lowest BCUT2D eigenvalue weighted by Gasteiger charge is -1.90. The van der Waals surface area contributed by atoms with E-state index >= 15 is 0 Å². The first kappa shape index (κ1) is 29.3. The monoisotopic (exact) mass is 218 g/mol. The Kier molecular flexibility index (Phi) is 132. The molecule has 0 radical (unpaired) electrons. The van der Waals surface area contributed by atoms with Crippen molar-refractivity contribution in [2.45, 2.75) is 82.1 Å². The maximum Gasteiger partial charge on any atom is -0.0382 e. The molecule has 0 spiro atoms. The van der Waals surface area contributed by atoms with Gasteiger partial charge in [0.1, 0.15) is 0 Å². The molecule has 0 aliphatic carbocycles. The van der Waals surface area contributed by atoms with Gasteiger partial charge in [-0.15, -0.1) is 6.58 Å². The van der Waals surface area contributed by atoms with E-state index in [1.54, 1.807) is 0 Å². The Labute approximate surface area is 101 Å². The summed E-state index contributed by atoms with van der Waals surface area (Å²) in [4.78, 5) is 0. The van der Waals surface area contributed by atoms with Gasteiger partial charge in [0.2, 0.25) is 0 Å². The number of allylic oxidation sites excluding steroid dienone is 1. The molecular formula is C15H38. The number of rotatable bonds is 2. The largest absolute Gasteiger partial charge is 0.103 e. The van der Waals surface area contributed by atoms with Crippen LogP contribution in [0.5, 0.6) is 0 Å². The third-order valence-corrected chi connectivity index (χ3v) is 1.11. The minimum atomic E-state index is 0.884. The van der Waals surface area contributed by atoms with Crippen LogP contribution in [0.25, 0.3) is 0 Å². The van der Waals surface area contributed by atoms with Gasteiger partial charge in [0.15, 0.2) is 0 Å². The molecule has 0 aromatic carbocycles. The molecule has 0 nitrogen and oxygen atoms in total. The van der Waals surface area contributed by atoms with Crippen LogP contribution in [0.1, 0.15) is 82.1 Å². The molecule has 0 rings (SSSR count). The third kappa shape index (κ3) is 252. The van der Waals surface area contributed by atoms with Crippen LogP contribution in [0.15, 0.2) is 12.7 Å². The molecule has 0 aliphatic heterocycles. The van der Waals surface area contributed by atoms with Gasteiger partial charge in [0.05, 0.1) is 0 Å². The first-order chi connectivity index (χ1) is 7.18. The van der Waals surface area contributed by atoms with E-state index in [-0.39, 0.29) is 0 Å². The molecule has 0 aliphatic rings. The van der Waals surface area contributed by atoms with E-state index in [2.05, 4.69) is 34.3 Å². The Bertz CT molecular complexity index is 44.0. The highest BCUT2D eigenvalue weighted by Gasteiger charge is 1.80. The predicted octanol–water partition coefficient (Wildman–Crippen LogP) is 6.71. The van der Waals surface area contributed by atoms with Gasteiger partial charge in [0.25, 0.3) is 0 Å². The van der Waals surface area contributed by atoms with Crippen molar-refractivity contribution in [2.75, 3.05) is 0 Å². The Morgan fingerprint density at radius 2 is 1.00 bits per heavy atom. The van der Waals surface area contributed by atoms with Gasteiger partial charge in [-0.05, 0) is 12.3 Å². The van der Waals surface area contributed by atoms with Crippen molar-refractivity contribution >= 4 is 0 Å². The van der Waals surface area contributed by atoms with Gasteiger partial charge >= 0.3 is 0 Å². The highest BCUT2D eigenvalue weighted by atomic mass is 13.9. The molecule has 0 aromatic heterocycles. The van der Waals surface area contributed by atoms with Crippen LogP contribution in [0.4, 0.5) is 0 Å². The van der Waals surface area contributed by atoms with E-state index in [4.69, 9.17) is 0 Å². The summed E-state index contributed by atoms with van der Waals surface area (Å²) in [5.74, 6) is 0.884. The highest BCUT2D eigenvalue weighted by molar-refractivity contribution is 4.60. The summed E-state index contributed by atoms with van der Waals surface area (Å²) in [6.45, 7) is 24.2. The third-order valence-electron chi connectivity index (χ3n) is 1.11. The number of hydrogen-bond acceptors (Lipinski definition) is 0. The Hall–Kier alpha value is -0.260. The molecule has 0 atom stereocenters. The lowest BCUT2D eigenvalue weighted by Crippen LogP contribution is -1.77. The minimum Gasteiger partial charge on any atom is -0.103 e. The fourth-order valence-corrected chi connectivity index (χ4v) is 0. The average Bonchev–Trinajstić information content (AvgIpc) is 2.36. The molecule has 0 N–H and O–H groups in total. The molecule has 0 saturated heterocycles. The van der Waals surface area contributed by atoms with Gasteiger partial charge in [-0.1, -0.05) is 81.7 Å². The van der Waals surface area contributed by atoms with Crippen molar-refractivity contribution in [1.82, 2.24) is 0 Å². The van der Waals surface area contributed by atoms with Crippen molar-refractivity contribution in [2.24, 2.45) is 5.92 Å². The quantitative estimate of drug-likeness (QED) is 0.452. The maximum absolute atomic E-state index is 3.48. The molecule has 0 amide bonds. The zero-order valence-electron chi connectivity index (χ0n) is 13.3. The fraction of sp³-hybridized carbons (Fsp3) is 0.867. The molecule has 0 bridgehead atoms. The summed E-state index contributed by atoms with van der Waals surface area (Å²) in [5, 5.41) is 0. The smallest absolute Gasteiger partial charge is 0.0382 e. The molecule has 0 aromatic rings. The summed E-state index contributed by atoms with van der Waals surface area (Å²) in [7, 11) is 0. The van der Waals surface area contributed by atoms with Crippen LogP contribution in [-0.2, 0) is 0 Å². The molecule has 98 valence electrons. The zero-order valence-corrected chi connectivity index (χ0v) is 13.3. The summed E-state index contributed by atoms with van der Waals surface area (Å²) in [6.07, 6.45) is 4.26. The molecule has 15 heavy (non-hydrogen) atoms. The van der Waals surface area contributed by atoms with Crippen molar-refractivity contribution < 1.29 is 0 Å². The standard InChI is InChI=1S/C5H12.C4H8.3C2H6/c1-4-5(2)3;1-3-4-2;3*1-2/h5H,4H2,1-3H3;3H,1,4H2,2H3;3*1-2H3. The first-order valence-corrected chi connectivity index (χ1v) is 6.79. The van der Waals surface area contributed by atoms with Gasteiger partial charge in [-0.2, -0.15) is 0 Å². The van der Waals surface area contributed by atoms with E-state index in [1.807, 2.05) is 47.6 Å². The summed E-state index contributed by atoms with van der Waals surface area (Å²) >= 11 is 0. The Balaban J connectivity index is -0.0000000301. The highest BCUT2D eigenvalue weighted by Crippen LogP contribution is 1.93. The second kappa shape index (κ2) is 67.7. The Morgan fingerprint density at radius 1 is 0.867 bits per heavy atom. The van der Waals surface area contributed by atoms with Crippen LogP contribution < -0.4 is 0 Å². The van der Waals surface area contributed by atoms with Gasteiger partial charge in [-0.3, -0.25) is 0 Å². The zero-order chi connectivity index (χ0) is 13.7. The summed E-state index contributed by atoms with van der Waals surface area (Å²) in [6, 6.07) is 0. The van der Waals surface area contributed by atoms with Gasteiger partial charge in [-0.25, -0.2) is 0 Å². The van der Waals surface area contributed by atoms with Gasteiger partial charge in [0, 0.05) is 0 Å². The van der Waals surface area contributed by atoms with E-state index in [9.17, 15) is 0 Å². The van der Waals surface area contributed by atoms with Crippen LogP contribution >= 0.6 is 0 Å². The normalized spacial score (nSPS) is 6.07. The maximum atomic E-state index is 3.48. The molecular weight excluding hydrogens is 180 g/mol.